The Labute approximate surface area is 458 Å². The van der Waals surface area contributed by atoms with Gasteiger partial charge in [0.05, 0.1) is 0 Å². The second-order valence-corrected chi connectivity index (χ2v) is 20.9. The van der Waals surface area contributed by atoms with Gasteiger partial charge in [0.25, 0.3) is 0 Å². The van der Waals surface area contributed by atoms with Gasteiger partial charge in [-0.25, -0.2) is 0 Å². The molecular weight excluding hydrogens is 913 g/mol. The molecule has 0 bridgehead atoms. The standard InChI is InChI=1S/C68H118O6/c1-4-7-10-13-16-19-22-25-28-30-32-33-34-35-37-38-40-43-46-49-52-55-58-61-67(70)73-64-65(63-72-66(69)60-57-54-51-48-45-42-27-24-21-18-15-12-9-6-3)74-68(71)62-59-56-53-50-47-44-41-39-36-31-29-26-23-20-17-14-11-8-5-2/h8,11,17,20,22,25-26,29-30,32,34-36,39,65H,4-7,9-10,12-16,18-19,21,23-24,27-28,31,33,37-38,40-64H2,1-3H3/b11-8-,20-17-,25-22-,29-26-,32-30-,35-34-,39-36-. The molecule has 0 saturated carbocycles. The van der Waals surface area contributed by atoms with E-state index in [2.05, 4.69) is 106 Å². The van der Waals surface area contributed by atoms with Gasteiger partial charge in [-0.05, 0) is 96.3 Å². The van der Waals surface area contributed by atoms with Crippen molar-refractivity contribution >= 4 is 17.9 Å². The summed E-state index contributed by atoms with van der Waals surface area (Å²) in [7, 11) is 0. The van der Waals surface area contributed by atoms with E-state index in [1.165, 1.54) is 154 Å². The Hall–Kier alpha value is -3.41. The van der Waals surface area contributed by atoms with Gasteiger partial charge >= 0.3 is 17.9 Å². The fourth-order valence-corrected chi connectivity index (χ4v) is 8.91. The quantitative estimate of drug-likeness (QED) is 0.0261. The van der Waals surface area contributed by atoms with Gasteiger partial charge in [0.2, 0.25) is 0 Å². The highest BCUT2D eigenvalue weighted by Gasteiger charge is 2.19. The molecule has 0 aromatic heterocycles. The zero-order chi connectivity index (χ0) is 53.6. The second-order valence-electron chi connectivity index (χ2n) is 20.9. The smallest absolute Gasteiger partial charge is 0.306 e. The summed E-state index contributed by atoms with van der Waals surface area (Å²) in [6, 6.07) is 0. The van der Waals surface area contributed by atoms with Crippen LogP contribution in [0.1, 0.15) is 310 Å². The van der Waals surface area contributed by atoms with Crippen LogP contribution < -0.4 is 0 Å². The van der Waals surface area contributed by atoms with Crippen LogP contribution >= 0.6 is 0 Å². The molecule has 0 rings (SSSR count). The number of ether oxygens (including phenoxy) is 3. The number of carbonyl (C=O) groups excluding carboxylic acids is 3. The molecule has 6 heteroatoms. The molecular formula is C68H118O6. The highest BCUT2D eigenvalue weighted by molar-refractivity contribution is 5.71. The number of allylic oxidation sites excluding steroid dienone is 14. The number of esters is 3. The Morgan fingerprint density at radius 1 is 0.284 bits per heavy atom. The molecule has 0 radical (unpaired) electrons. The van der Waals surface area contributed by atoms with Crippen molar-refractivity contribution < 1.29 is 28.6 Å². The van der Waals surface area contributed by atoms with Crippen molar-refractivity contribution in [2.45, 2.75) is 316 Å². The number of carbonyl (C=O) groups is 3. The third-order valence-electron chi connectivity index (χ3n) is 13.6. The number of rotatable bonds is 57. The van der Waals surface area contributed by atoms with Crippen molar-refractivity contribution in [3.63, 3.8) is 0 Å². The van der Waals surface area contributed by atoms with Gasteiger partial charge in [-0.1, -0.05) is 279 Å². The lowest BCUT2D eigenvalue weighted by molar-refractivity contribution is -0.167. The van der Waals surface area contributed by atoms with Crippen LogP contribution in [-0.2, 0) is 28.6 Å². The van der Waals surface area contributed by atoms with Crippen LogP contribution in [0.3, 0.4) is 0 Å². The highest BCUT2D eigenvalue weighted by atomic mass is 16.6. The molecule has 426 valence electrons. The molecule has 0 amide bonds. The zero-order valence-corrected chi connectivity index (χ0v) is 48.8. The monoisotopic (exact) mass is 1030 g/mol. The number of hydrogen-bond donors (Lipinski definition) is 0. The zero-order valence-electron chi connectivity index (χ0n) is 48.8. The van der Waals surface area contributed by atoms with E-state index in [9.17, 15) is 14.4 Å². The minimum Gasteiger partial charge on any atom is -0.462 e. The van der Waals surface area contributed by atoms with E-state index >= 15 is 0 Å². The molecule has 0 aliphatic heterocycles. The van der Waals surface area contributed by atoms with Crippen LogP contribution in [0.5, 0.6) is 0 Å². The van der Waals surface area contributed by atoms with E-state index in [4.69, 9.17) is 14.2 Å². The molecule has 0 N–H and O–H groups in total. The Kier molecular flexibility index (Phi) is 59.3. The normalized spacial score (nSPS) is 12.6. The Balaban J connectivity index is 4.38. The fourth-order valence-electron chi connectivity index (χ4n) is 8.91. The summed E-state index contributed by atoms with van der Waals surface area (Å²) in [4.78, 5) is 38.3. The predicted octanol–water partition coefficient (Wildman–Crippen LogP) is 21.5. The van der Waals surface area contributed by atoms with Crippen molar-refractivity contribution in [2.24, 2.45) is 0 Å². The predicted molar refractivity (Wildman–Crippen MR) is 321 cm³/mol. The summed E-state index contributed by atoms with van der Waals surface area (Å²) in [5.74, 6) is -0.892. The summed E-state index contributed by atoms with van der Waals surface area (Å²) in [5.41, 5.74) is 0. The van der Waals surface area contributed by atoms with Crippen molar-refractivity contribution in [2.75, 3.05) is 13.2 Å². The summed E-state index contributed by atoms with van der Waals surface area (Å²) in [6.07, 6.45) is 81.5. The molecule has 6 nitrogen and oxygen atoms in total. The molecule has 0 aliphatic carbocycles. The van der Waals surface area contributed by atoms with Crippen LogP contribution in [0.4, 0.5) is 0 Å². The third kappa shape index (κ3) is 59.5. The van der Waals surface area contributed by atoms with Crippen molar-refractivity contribution in [3.8, 4) is 0 Å². The highest BCUT2D eigenvalue weighted by Crippen LogP contribution is 2.16. The molecule has 0 saturated heterocycles. The van der Waals surface area contributed by atoms with Crippen molar-refractivity contribution in [3.05, 3.63) is 85.1 Å². The van der Waals surface area contributed by atoms with Gasteiger partial charge in [-0.15, -0.1) is 0 Å². The minimum atomic E-state index is -0.788. The van der Waals surface area contributed by atoms with Gasteiger partial charge in [0.1, 0.15) is 13.2 Å². The summed E-state index contributed by atoms with van der Waals surface area (Å²) >= 11 is 0. The maximum absolute atomic E-state index is 12.9. The molecule has 1 atom stereocenters. The van der Waals surface area contributed by atoms with Crippen LogP contribution in [0.2, 0.25) is 0 Å². The third-order valence-corrected chi connectivity index (χ3v) is 13.6. The minimum absolute atomic E-state index is 0.0825. The lowest BCUT2D eigenvalue weighted by Crippen LogP contribution is -2.30. The maximum atomic E-state index is 12.9. The number of hydrogen-bond acceptors (Lipinski definition) is 6. The van der Waals surface area contributed by atoms with E-state index < -0.39 is 6.10 Å². The summed E-state index contributed by atoms with van der Waals surface area (Å²) in [5, 5.41) is 0. The first-order valence-electron chi connectivity index (χ1n) is 31.6. The first kappa shape index (κ1) is 70.6. The second kappa shape index (κ2) is 62.1. The SMILES string of the molecule is CC/C=C\C/C=C\C/C=C\C/C=C\CCCCCCCCC(=O)OC(COC(=O)CCCCCCCCCC/C=C\C/C=C\C/C=C\CCCCCCC)COC(=O)CCCCCCCCCCCCCCCC. The molecule has 0 heterocycles. The fraction of sp³-hybridized carbons (Fsp3) is 0.750. The largest absolute Gasteiger partial charge is 0.462 e. The van der Waals surface area contributed by atoms with Crippen LogP contribution in [0.25, 0.3) is 0 Å². The molecule has 0 aromatic rings. The van der Waals surface area contributed by atoms with Gasteiger partial charge in [0, 0.05) is 19.3 Å². The van der Waals surface area contributed by atoms with Gasteiger partial charge in [-0.2, -0.15) is 0 Å². The van der Waals surface area contributed by atoms with Gasteiger partial charge in [-0.3, -0.25) is 14.4 Å². The van der Waals surface area contributed by atoms with E-state index in [1.807, 2.05) is 0 Å². The van der Waals surface area contributed by atoms with E-state index in [0.29, 0.717) is 19.3 Å². The molecule has 0 aromatic carbocycles. The van der Waals surface area contributed by atoms with Gasteiger partial charge < -0.3 is 14.2 Å². The van der Waals surface area contributed by atoms with Crippen LogP contribution in [0.15, 0.2) is 85.1 Å². The van der Waals surface area contributed by atoms with E-state index in [1.54, 1.807) is 0 Å². The van der Waals surface area contributed by atoms with Crippen LogP contribution in [0, 0.1) is 0 Å². The van der Waals surface area contributed by atoms with Crippen LogP contribution in [-0.4, -0.2) is 37.2 Å². The molecule has 0 aliphatic rings. The average Bonchev–Trinajstić information content (AvgIpc) is 3.40. The molecule has 74 heavy (non-hydrogen) atoms. The Bertz CT molecular complexity index is 1420. The topological polar surface area (TPSA) is 78.9 Å². The lowest BCUT2D eigenvalue weighted by atomic mass is 10.0. The lowest BCUT2D eigenvalue weighted by Gasteiger charge is -2.18. The molecule has 0 spiro atoms. The van der Waals surface area contributed by atoms with Crippen molar-refractivity contribution in [1.29, 1.82) is 0 Å². The first-order chi connectivity index (χ1) is 36.5. The Morgan fingerprint density at radius 2 is 0.527 bits per heavy atom. The van der Waals surface area contributed by atoms with E-state index in [-0.39, 0.29) is 31.1 Å². The van der Waals surface area contributed by atoms with Gasteiger partial charge in [0.15, 0.2) is 6.10 Å². The average molecular weight is 1030 g/mol. The summed E-state index contributed by atoms with van der Waals surface area (Å²) in [6.45, 7) is 6.53. The number of unbranched alkanes of at least 4 members (excludes halogenated alkanes) is 32. The summed E-state index contributed by atoms with van der Waals surface area (Å²) < 4.78 is 16.9. The molecule has 1 unspecified atom stereocenters. The first-order valence-corrected chi connectivity index (χ1v) is 31.6. The van der Waals surface area contributed by atoms with E-state index in [0.717, 1.165) is 116 Å². The molecule has 0 fully saturated rings. The van der Waals surface area contributed by atoms with Crippen molar-refractivity contribution in [1.82, 2.24) is 0 Å². The maximum Gasteiger partial charge on any atom is 0.306 e. The Morgan fingerprint density at radius 3 is 0.824 bits per heavy atom.